The molecule has 0 aliphatic carbocycles. The van der Waals surface area contributed by atoms with Crippen LogP contribution < -0.4 is 5.32 Å². The second kappa shape index (κ2) is 5.75. The van der Waals surface area contributed by atoms with Gasteiger partial charge in [0.25, 0.3) is 0 Å². The number of aliphatic hydroxyl groups is 1. The van der Waals surface area contributed by atoms with Crippen LogP contribution in [0.25, 0.3) is 0 Å². The van der Waals surface area contributed by atoms with Gasteiger partial charge in [0.05, 0.1) is 18.3 Å². The van der Waals surface area contributed by atoms with E-state index in [4.69, 9.17) is 0 Å². The average Bonchev–Trinajstić information content (AvgIpc) is 2.89. The highest BCUT2D eigenvalue weighted by atomic mass is 16.3. The summed E-state index contributed by atoms with van der Waals surface area (Å²) in [5, 5.41) is 21.2. The Bertz CT molecular complexity index is 453. The molecule has 96 valence electrons. The van der Waals surface area contributed by atoms with Gasteiger partial charge in [-0.15, -0.1) is 5.10 Å². The number of benzene rings is 1. The highest BCUT2D eigenvalue weighted by Crippen LogP contribution is 2.18. The molecule has 0 aliphatic rings. The predicted octanol–water partition coefficient (Wildman–Crippen LogP) is 0.775. The summed E-state index contributed by atoms with van der Waals surface area (Å²) in [5.41, 5.74) is 0.0575. The Hall–Kier alpha value is -1.72. The maximum absolute atomic E-state index is 10.3. The fourth-order valence-corrected chi connectivity index (χ4v) is 1.78. The second-order valence-electron chi connectivity index (χ2n) is 4.48. The molecular weight excluding hydrogens is 228 g/mol. The second-order valence-corrected chi connectivity index (χ2v) is 4.48. The molecule has 0 radical (unpaired) electrons. The molecule has 1 atom stereocenters. The zero-order chi connectivity index (χ0) is 12.8. The highest BCUT2D eigenvalue weighted by Gasteiger charge is 2.21. The van der Waals surface area contributed by atoms with E-state index in [0.29, 0.717) is 6.54 Å². The zero-order valence-corrected chi connectivity index (χ0v) is 10.5. The van der Waals surface area contributed by atoms with Gasteiger partial charge < -0.3 is 10.4 Å². The Morgan fingerprint density at radius 3 is 2.78 bits per heavy atom. The summed E-state index contributed by atoms with van der Waals surface area (Å²) in [6, 6.07) is 9.66. The summed E-state index contributed by atoms with van der Waals surface area (Å²) in [7, 11) is 0. The van der Waals surface area contributed by atoms with E-state index < -0.39 is 5.60 Å². The third kappa shape index (κ3) is 3.38. The fraction of sp³-hybridized carbons (Fsp3) is 0.385. The van der Waals surface area contributed by atoms with Gasteiger partial charge in [0.15, 0.2) is 0 Å². The first kappa shape index (κ1) is 12.7. The van der Waals surface area contributed by atoms with Crippen molar-refractivity contribution in [3.63, 3.8) is 0 Å². The van der Waals surface area contributed by atoms with Crippen molar-refractivity contribution in [3.05, 3.63) is 48.3 Å². The molecule has 5 nitrogen and oxygen atoms in total. The summed E-state index contributed by atoms with van der Waals surface area (Å²) in [6.07, 6.45) is 3.47. The molecule has 18 heavy (non-hydrogen) atoms. The van der Waals surface area contributed by atoms with Gasteiger partial charge in [0.1, 0.15) is 0 Å². The lowest BCUT2D eigenvalue weighted by atomic mass is 9.96. The molecule has 1 aromatic carbocycles. The Morgan fingerprint density at radius 1 is 1.33 bits per heavy atom. The monoisotopic (exact) mass is 246 g/mol. The molecule has 5 heteroatoms. The van der Waals surface area contributed by atoms with Crippen LogP contribution in [0.2, 0.25) is 0 Å². The minimum absolute atomic E-state index is 0.506. The SMILES string of the molecule is CC(O)(CNCCn1ccnn1)c1ccccc1. The van der Waals surface area contributed by atoms with E-state index in [9.17, 15) is 5.11 Å². The van der Waals surface area contributed by atoms with Crippen LogP contribution in [-0.4, -0.2) is 33.2 Å². The molecule has 0 amide bonds. The minimum Gasteiger partial charge on any atom is -0.384 e. The quantitative estimate of drug-likeness (QED) is 0.739. The summed E-state index contributed by atoms with van der Waals surface area (Å²) in [6.45, 7) is 3.80. The smallest absolute Gasteiger partial charge is 0.0992 e. The maximum atomic E-state index is 10.3. The molecule has 1 unspecified atom stereocenters. The predicted molar refractivity (Wildman–Crippen MR) is 68.9 cm³/mol. The number of hydrogen-bond acceptors (Lipinski definition) is 4. The number of rotatable bonds is 6. The van der Waals surface area contributed by atoms with Crippen LogP contribution in [-0.2, 0) is 12.1 Å². The zero-order valence-electron chi connectivity index (χ0n) is 10.5. The first-order valence-corrected chi connectivity index (χ1v) is 6.01. The lowest BCUT2D eigenvalue weighted by molar-refractivity contribution is 0.0569. The van der Waals surface area contributed by atoms with Crippen LogP contribution in [0.4, 0.5) is 0 Å². The van der Waals surface area contributed by atoms with Gasteiger partial charge in [-0.2, -0.15) is 0 Å². The van der Waals surface area contributed by atoms with Gasteiger partial charge in [0, 0.05) is 19.3 Å². The third-order valence-corrected chi connectivity index (χ3v) is 2.85. The average molecular weight is 246 g/mol. The van der Waals surface area contributed by atoms with Gasteiger partial charge in [-0.05, 0) is 12.5 Å². The van der Waals surface area contributed by atoms with Crippen LogP contribution in [0, 0.1) is 0 Å². The normalized spacial score (nSPS) is 14.3. The van der Waals surface area contributed by atoms with Crippen molar-refractivity contribution in [1.82, 2.24) is 20.3 Å². The number of nitrogens with zero attached hydrogens (tertiary/aromatic N) is 3. The van der Waals surface area contributed by atoms with E-state index in [0.717, 1.165) is 18.7 Å². The number of aromatic nitrogens is 3. The van der Waals surface area contributed by atoms with Crippen LogP contribution in [0.3, 0.4) is 0 Å². The molecule has 0 saturated heterocycles. The molecule has 2 aromatic rings. The Kier molecular flexibility index (Phi) is 4.07. The van der Waals surface area contributed by atoms with Gasteiger partial charge in [-0.1, -0.05) is 35.5 Å². The highest BCUT2D eigenvalue weighted by molar-refractivity contribution is 5.21. The van der Waals surface area contributed by atoms with Gasteiger partial charge >= 0.3 is 0 Å². The van der Waals surface area contributed by atoms with Crippen molar-refractivity contribution in [1.29, 1.82) is 0 Å². The minimum atomic E-state index is -0.858. The Balaban J connectivity index is 1.79. The van der Waals surface area contributed by atoms with Gasteiger partial charge in [-0.3, -0.25) is 4.68 Å². The lowest BCUT2D eigenvalue weighted by Gasteiger charge is -2.24. The van der Waals surface area contributed by atoms with Crippen molar-refractivity contribution >= 4 is 0 Å². The molecule has 0 saturated carbocycles. The Labute approximate surface area is 106 Å². The van der Waals surface area contributed by atoms with E-state index in [1.54, 1.807) is 10.9 Å². The van der Waals surface area contributed by atoms with Crippen LogP contribution in [0.5, 0.6) is 0 Å². The fourth-order valence-electron chi connectivity index (χ4n) is 1.78. The van der Waals surface area contributed by atoms with E-state index in [1.807, 2.05) is 43.5 Å². The lowest BCUT2D eigenvalue weighted by Crippen LogP contribution is -2.36. The Morgan fingerprint density at radius 2 is 2.11 bits per heavy atom. The molecule has 0 aliphatic heterocycles. The van der Waals surface area contributed by atoms with E-state index >= 15 is 0 Å². The number of hydrogen-bond donors (Lipinski definition) is 2. The first-order valence-electron chi connectivity index (χ1n) is 6.01. The summed E-state index contributed by atoms with van der Waals surface area (Å²) >= 11 is 0. The van der Waals surface area contributed by atoms with Gasteiger partial charge in [-0.25, -0.2) is 0 Å². The summed E-state index contributed by atoms with van der Waals surface area (Å²) < 4.78 is 1.75. The molecule has 2 rings (SSSR count). The van der Waals surface area contributed by atoms with Crippen LogP contribution in [0.15, 0.2) is 42.7 Å². The van der Waals surface area contributed by atoms with E-state index in [2.05, 4.69) is 15.6 Å². The maximum Gasteiger partial charge on any atom is 0.0992 e. The standard InChI is InChI=1S/C13H18N4O/c1-13(18,12-5-3-2-4-6-12)11-14-7-9-17-10-8-15-16-17/h2-6,8,10,14,18H,7,9,11H2,1H3. The molecule has 0 spiro atoms. The largest absolute Gasteiger partial charge is 0.384 e. The third-order valence-electron chi connectivity index (χ3n) is 2.85. The van der Waals surface area contributed by atoms with Gasteiger partial charge in [0.2, 0.25) is 0 Å². The molecule has 2 N–H and O–H groups in total. The molecular formula is C13H18N4O. The molecule has 0 bridgehead atoms. The molecule has 1 aromatic heterocycles. The van der Waals surface area contributed by atoms with Crippen LogP contribution in [0.1, 0.15) is 12.5 Å². The van der Waals surface area contributed by atoms with Crippen LogP contribution >= 0.6 is 0 Å². The number of nitrogens with one attached hydrogen (secondary N) is 1. The van der Waals surface area contributed by atoms with Crippen molar-refractivity contribution < 1.29 is 5.11 Å². The molecule has 1 heterocycles. The van der Waals surface area contributed by atoms with Crippen molar-refractivity contribution in [3.8, 4) is 0 Å². The van der Waals surface area contributed by atoms with Crippen molar-refractivity contribution in [2.45, 2.75) is 19.1 Å². The first-order chi connectivity index (χ1) is 8.68. The van der Waals surface area contributed by atoms with E-state index in [1.165, 1.54) is 0 Å². The summed E-state index contributed by atoms with van der Waals surface area (Å²) in [4.78, 5) is 0. The molecule has 0 fully saturated rings. The van der Waals surface area contributed by atoms with Crippen molar-refractivity contribution in [2.24, 2.45) is 0 Å². The summed E-state index contributed by atoms with van der Waals surface area (Å²) in [5.74, 6) is 0. The van der Waals surface area contributed by atoms with Crippen molar-refractivity contribution in [2.75, 3.05) is 13.1 Å². The van der Waals surface area contributed by atoms with E-state index in [-0.39, 0.29) is 0 Å². The topological polar surface area (TPSA) is 63.0 Å².